The Morgan fingerprint density at radius 1 is 1.50 bits per heavy atom. The number of nitrogen functional groups attached to an aromatic ring is 1. The Hall–Kier alpha value is -1.66. The molecule has 0 aliphatic heterocycles. The smallest absolute Gasteiger partial charge is 0.252 e. The molecule has 0 saturated carbocycles. The van der Waals surface area contributed by atoms with Crippen molar-refractivity contribution in [3.05, 3.63) is 23.9 Å². The fourth-order valence-corrected chi connectivity index (χ4v) is 1.45. The van der Waals surface area contributed by atoms with Crippen LogP contribution in [-0.2, 0) is 4.74 Å². The molecule has 6 nitrogen and oxygen atoms in total. The molecule has 18 heavy (non-hydrogen) atoms. The van der Waals surface area contributed by atoms with Crippen LogP contribution in [0.15, 0.2) is 18.3 Å². The Bertz CT molecular complexity index is 390. The van der Waals surface area contributed by atoms with Crippen LogP contribution in [0.5, 0.6) is 0 Å². The van der Waals surface area contributed by atoms with Gasteiger partial charge in [0.05, 0.1) is 11.2 Å². The second-order valence-electron chi connectivity index (χ2n) is 4.45. The van der Waals surface area contributed by atoms with Crippen molar-refractivity contribution in [2.45, 2.75) is 26.4 Å². The standard InChI is InChI=1S/C12H20N4O2/c1-4-18-12(2,3)8-15-11(17)9-5-6-10(16-13)14-7-9/h5-7H,4,8,13H2,1-3H3,(H,14,16)(H,15,17). The molecule has 0 aliphatic rings. The number of nitrogens with one attached hydrogen (secondary N) is 2. The zero-order chi connectivity index (χ0) is 13.6. The number of aromatic nitrogens is 1. The maximum atomic E-state index is 11.8. The molecule has 100 valence electrons. The van der Waals surface area contributed by atoms with Crippen molar-refractivity contribution >= 4 is 11.7 Å². The molecule has 0 atom stereocenters. The van der Waals surface area contributed by atoms with Crippen LogP contribution >= 0.6 is 0 Å². The number of amides is 1. The number of pyridine rings is 1. The molecule has 0 radical (unpaired) electrons. The van der Waals surface area contributed by atoms with Gasteiger partial charge in [0.1, 0.15) is 5.82 Å². The van der Waals surface area contributed by atoms with Crippen LogP contribution in [0.4, 0.5) is 5.82 Å². The molecule has 1 rings (SSSR count). The van der Waals surface area contributed by atoms with Crippen molar-refractivity contribution < 1.29 is 9.53 Å². The Labute approximate surface area is 107 Å². The molecule has 0 unspecified atom stereocenters. The van der Waals surface area contributed by atoms with E-state index in [2.05, 4.69) is 15.7 Å². The first-order chi connectivity index (χ1) is 8.48. The molecule has 1 amide bonds. The molecule has 1 aromatic heterocycles. The lowest BCUT2D eigenvalue weighted by Gasteiger charge is -2.24. The SMILES string of the molecule is CCOC(C)(C)CNC(=O)c1ccc(NN)nc1. The van der Waals surface area contributed by atoms with Gasteiger partial charge in [-0.05, 0) is 32.9 Å². The monoisotopic (exact) mass is 252 g/mol. The number of carbonyl (C=O) groups is 1. The third-order valence-electron chi connectivity index (χ3n) is 2.38. The fraction of sp³-hybridized carbons (Fsp3) is 0.500. The van der Waals surface area contributed by atoms with Crippen molar-refractivity contribution in [2.75, 3.05) is 18.6 Å². The van der Waals surface area contributed by atoms with E-state index < -0.39 is 0 Å². The highest BCUT2D eigenvalue weighted by atomic mass is 16.5. The van der Waals surface area contributed by atoms with Gasteiger partial charge < -0.3 is 15.5 Å². The second-order valence-corrected chi connectivity index (χ2v) is 4.45. The molecular weight excluding hydrogens is 232 g/mol. The van der Waals surface area contributed by atoms with E-state index >= 15 is 0 Å². The summed E-state index contributed by atoms with van der Waals surface area (Å²) < 4.78 is 5.50. The summed E-state index contributed by atoms with van der Waals surface area (Å²) in [5.41, 5.74) is 2.51. The third-order valence-corrected chi connectivity index (χ3v) is 2.38. The maximum Gasteiger partial charge on any atom is 0.252 e. The first-order valence-corrected chi connectivity index (χ1v) is 5.83. The van der Waals surface area contributed by atoms with Gasteiger partial charge in [-0.1, -0.05) is 0 Å². The highest BCUT2D eigenvalue weighted by Gasteiger charge is 2.19. The van der Waals surface area contributed by atoms with Crippen molar-refractivity contribution in [1.82, 2.24) is 10.3 Å². The van der Waals surface area contributed by atoms with E-state index in [0.29, 0.717) is 24.5 Å². The summed E-state index contributed by atoms with van der Waals surface area (Å²) in [5, 5.41) is 2.81. The van der Waals surface area contributed by atoms with Crippen molar-refractivity contribution in [3.63, 3.8) is 0 Å². The van der Waals surface area contributed by atoms with E-state index in [0.717, 1.165) is 0 Å². The molecule has 0 bridgehead atoms. The van der Waals surface area contributed by atoms with E-state index in [-0.39, 0.29) is 11.5 Å². The van der Waals surface area contributed by atoms with Crippen LogP contribution < -0.4 is 16.6 Å². The molecule has 0 fully saturated rings. The molecule has 4 N–H and O–H groups in total. The van der Waals surface area contributed by atoms with E-state index in [1.54, 1.807) is 12.1 Å². The predicted octanol–water partition coefficient (Wildman–Crippen LogP) is 0.912. The number of ether oxygens (including phenoxy) is 1. The Kier molecular flexibility index (Phi) is 5.06. The van der Waals surface area contributed by atoms with Crippen LogP contribution in [0, 0.1) is 0 Å². The van der Waals surface area contributed by atoms with Crippen molar-refractivity contribution in [1.29, 1.82) is 0 Å². The number of hydrogen-bond acceptors (Lipinski definition) is 5. The summed E-state index contributed by atoms with van der Waals surface area (Å²) in [6, 6.07) is 3.30. The lowest BCUT2D eigenvalue weighted by molar-refractivity contribution is -0.00815. The Morgan fingerprint density at radius 3 is 2.72 bits per heavy atom. The fourth-order valence-electron chi connectivity index (χ4n) is 1.45. The van der Waals surface area contributed by atoms with Gasteiger partial charge in [0.2, 0.25) is 0 Å². The van der Waals surface area contributed by atoms with Gasteiger partial charge in [-0.2, -0.15) is 0 Å². The summed E-state index contributed by atoms with van der Waals surface area (Å²) in [6.07, 6.45) is 1.47. The van der Waals surface area contributed by atoms with E-state index in [9.17, 15) is 4.79 Å². The van der Waals surface area contributed by atoms with Gasteiger partial charge in [-0.3, -0.25) is 4.79 Å². The molecular formula is C12H20N4O2. The predicted molar refractivity (Wildman–Crippen MR) is 70.1 cm³/mol. The van der Waals surface area contributed by atoms with E-state index in [4.69, 9.17) is 10.6 Å². The Balaban J connectivity index is 2.54. The summed E-state index contributed by atoms with van der Waals surface area (Å²) in [4.78, 5) is 15.8. The molecule has 6 heteroatoms. The number of nitrogens with zero attached hydrogens (tertiary/aromatic N) is 1. The van der Waals surface area contributed by atoms with Gasteiger partial charge in [0.15, 0.2) is 0 Å². The van der Waals surface area contributed by atoms with Gasteiger partial charge >= 0.3 is 0 Å². The first-order valence-electron chi connectivity index (χ1n) is 5.83. The van der Waals surface area contributed by atoms with Gasteiger partial charge in [-0.15, -0.1) is 0 Å². The number of nitrogens with two attached hydrogens (primary N) is 1. The molecule has 0 aliphatic carbocycles. The zero-order valence-corrected chi connectivity index (χ0v) is 11.0. The normalized spacial score (nSPS) is 11.1. The van der Waals surface area contributed by atoms with E-state index in [1.165, 1.54) is 6.20 Å². The number of hydrogen-bond donors (Lipinski definition) is 3. The first kappa shape index (κ1) is 14.4. The number of hydrazine groups is 1. The van der Waals surface area contributed by atoms with Crippen LogP contribution in [-0.4, -0.2) is 29.6 Å². The molecule has 0 saturated heterocycles. The average molecular weight is 252 g/mol. The van der Waals surface area contributed by atoms with Gasteiger partial charge in [-0.25, -0.2) is 10.8 Å². The summed E-state index contributed by atoms with van der Waals surface area (Å²) >= 11 is 0. The van der Waals surface area contributed by atoms with Crippen LogP contribution in [0.25, 0.3) is 0 Å². The summed E-state index contributed by atoms with van der Waals surface area (Å²) in [5.74, 6) is 5.53. The molecule has 1 heterocycles. The number of rotatable bonds is 6. The van der Waals surface area contributed by atoms with Crippen LogP contribution in [0.1, 0.15) is 31.1 Å². The molecule has 0 spiro atoms. The second kappa shape index (κ2) is 6.32. The number of carbonyl (C=O) groups excluding carboxylic acids is 1. The summed E-state index contributed by atoms with van der Waals surface area (Å²) in [7, 11) is 0. The zero-order valence-electron chi connectivity index (χ0n) is 11.0. The Morgan fingerprint density at radius 2 is 2.22 bits per heavy atom. The number of anilines is 1. The average Bonchev–Trinajstić information content (AvgIpc) is 2.36. The van der Waals surface area contributed by atoms with Crippen LogP contribution in [0.2, 0.25) is 0 Å². The largest absolute Gasteiger partial charge is 0.374 e. The molecule has 0 aromatic carbocycles. The highest BCUT2D eigenvalue weighted by molar-refractivity contribution is 5.94. The minimum Gasteiger partial charge on any atom is -0.374 e. The maximum absolute atomic E-state index is 11.8. The summed E-state index contributed by atoms with van der Waals surface area (Å²) in [6.45, 7) is 6.83. The minimum atomic E-state index is -0.378. The van der Waals surface area contributed by atoms with Crippen molar-refractivity contribution in [2.24, 2.45) is 5.84 Å². The topological polar surface area (TPSA) is 89.3 Å². The quantitative estimate of drug-likeness (QED) is 0.517. The van der Waals surface area contributed by atoms with E-state index in [1.807, 2.05) is 20.8 Å². The minimum absolute atomic E-state index is 0.182. The lowest BCUT2D eigenvalue weighted by Crippen LogP contribution is -2.40. The third kappa shape index (κ3) is 4.31. The van der Waals surface area contributed by atoms with Gasteiger partial charge in [0.25, 0.3) is 5.91 Å². The van der Waals surface area contributed by atoms with Gasteiger partial charge in [0, 0.05) is 19.3 Å². The molecule has 1 aromatic rings. The van der Waals surface area contributed by atoms with Crippen LogP contribution in [0.3, 0.4) is 0 Å². The highest BCUT2D eigenvalue weighted by Crippen LogP contribution is 2.08. The van der Waals surface area contributed by atoms with Crippen molar-refractivity contribution in [3.8, 4) is 0 Å². The lowest BCUT2D eigenvalue weighted by atomic mass is 10.1.